The van der Waals surface area contributed by atoms with Crippen molar-refractivity contribution in [2.45, 2.75) is 20.3 Å². The predicted octanol–water partition coefficient (Wildman–Crippen LogP) is 3.27. The third kappa shape index (κ3) is 2.03. The molecule has 0 N–H and O–H groups in total. The van der Waals surface area contributed by atoms with Crippen LogP contribution in [0.4, 0.5) is 0 Å². The molecule has 102 valence electrons. The summed E-state index contributed by atoms with van der Waals surface area (Å²) < 4.78 is 7.26. The molecule has 0 aliphatic heterocycles. The Hall–Kier alpha value is -2.36. The molecule has 0 aliphatic rings. The van der Waals surface area contributed by atoms with Crippen molar-refractivity contribution in [3.05, 3.63) is 53.0 Å². The van der Waals surface area contributed by atoms with Crippen LogP contribution in [0.3, 0.4) is 0 Å². The second-order valence-electron chi connectivity index (χ2n) is 4.98. The Morgan fingerprint density at radius 2 is 2.10 bits per heavy atom. The summed E-state index contributed by atoms with van der Waals surface area (Å²) in [5.41, 5.74) is 3.34. The molecule has 20 heavy (non-hydrogen) atoms. The van der Waals surface area contributed by atoms with Gasteiger partial charge in [0.05, 0.1) is 5.69 Å². The maximum Gasteiger partial charge on any atom is 0.246 e. The maximum atomic E-state index is 12.5. The lowest BCUT2D eigenvalue weighted by Gasteiger charge is -1.96. The number of fused-ring (bicyclic) bond motifs is 1. The van der Waals surface area contributed by atoms with Gasteiger partial charge in [-0.1, -0.05) is 18.6 Å². The van der Waals surface area contributed by atoms with Crippen molar-refractivity contribution < 1.29 is 9.21 Å². The minimum Gasteiger partial charge on any atom is -0.453 e. The van der Waals surface area contributed by atoms with Crippen molar-refractivity contribution in [3.63, 3.8) is 0 Å². The Morgan fingerprint density at radius 1 is 1.30 bits per heavy atom. The number of hydrogen-bond donors (Lipinski definition) is 0. The summed E-state index contributed by atoms with van der Waals surface area (Å²) in [6.07, 6.45) is 0.806. The summed E-state index contributed by atoms with van der Waals surface area (Å²) in [6, 6.07) is 9.49. The van der Waals surface area contributed by atoms with Gasteiger partial charge < -0.3 is 4.42 Å². The summed E-state index contributed by atoms with van der Waals surface area (Å²) in [7, 11) is 1.78. The summed E-state index contributed by atoms with van der Waals surface area (Å²) in [5, 5.41) is 5.25. The summed E-state index contributed by atoms with van der Waals surface area (Å²) >= 11 is 0. The van der Waals surface area contributed by atoms with Gasteiger partial charge in [0.15, 0.2) is 5.76 Å². The van der Waals surface area contributed by atoms with Gasteiger partial charge in [-0.25, -0.2) is 0 Å². The molecule has 2 aromatic heterocycles. The zero-order chi connectivity index (χ0) is 14.3. The SMILES string of the molecule is CCc1cc(C(=O)c2cc3cc(C)ccc3o2)n(C)n1. The first-order chi connectivity index (χ1) is 9.58. The van der Waals surface area contributed by atoms with E-state index >= 15 is 0 Å². The van der Waals surface area contributed by atoms with Crippen LogP contribution in [0.1, 0.15) is 34.4 Å². The average molecular weight is 268 g/mol. The molecule has 0 aliphatic carbocycles. The number of furan rings is 1. The molecule has 0 fully saturated rings. The lowest BCUT2D eigenvalue weighted by molar-refractivity contribution is 0.100. The highest BCUT2D eigenvalue weighted by Crippen LogP contribution is 2.22. The number of carbonyl (C=O) groups excluding carboxylic acids is 1. The Morgan fingerprint density at radius 3 is 2.80 bits per heavy atom. The first-order valence-corrected chi connectivity index (χ1v) is 6.66. The van der Waals surface area contributed by atoms with E-state index in [9.17, 15) is 4.79 Å². The molecule has 0 saturated carbocycles. The van der Waals surface area contributed by atoms with E-state index in [-0.39, 0.29) is 5.78 Å². The molecule has 0 atom stereocenters. The molecular weight excluding hydrogens is 252 g/mol. The van der Waals surface area contributed by atoms with Crippen LogP contribution in [0.2, 0.25) is 0 Å². The molecule has 2 heterocycles. The topological polar surface area (TPSA) is 48.0 Å². The van der Waals surface area contributed by atoms with Crippen LogP contribution in [-0.2, 0) is 13.5 Å². The highest BCUT2D eigenvalue weighted by molar-refractivity contribution is 6.08. The van der Waals surface area contributed by atoms with E-state index in [0.29, 0.717) is 11.5 Å². The average Bonchev–Trinajstić information content (AvgIpc) is 3.00. The first-order valence-electron chi connectivity index (χ1n) is 6.66. The number of ketones is 1. The predicted molar refractivity (Wildman–Crippen MR) is 77.0 cm³/mol. The van der Waals surface area contributed by atoms with E-state index < -0.39 is 0 Å². The smallest absolute Gasteiger partial charge is 0.246 e. The van der Waals surface area contributed by atoms with Gasteiger partial charge in [0.25, 0.3) is 0 Å². The molecule has 0 amide bonds. The number of aromatic nitrogens is 2. The molecule has 3 rings (SSSR count). The third-order valence-corrected chi connectivity index (χ3v) is 3.42. The van der Waals surface area contributed by atoms with Gasteiger partial charge in [-0.2, -0.15) is 5.10 Å². The van der Waals surface area contributed by atoms with Gasteiger partial charge in [0, 0.05) is 12.4 Å². The molecule has 0 unspecified atom stereocenters. The van der Waals surface area contributed by atoms with Crippen LogP contribution in [-0.4, -0.2) is 15.6 Å². The standard InChI is InChI=1S/C16H16N2O2/c1-4-12-9-13(18(3)17-12)16(19)15-8-11-7-10(2)5-6-14(11)20-15/h5-9H,4H2,1-3H3. The van der Waals surface area contributed by atoms with Gasteiger partial charge >= 0.3 is 0 Å². The van der Waals surface area contributed by atoms with Crippen LogP contribution in [0.25, 0.3) is 11.0 Å². The number of rotatable bonds is 3. The fourth-order valence-electron chi connectivity index (χ4n) is 2.31. The zero-order valence-electron chi connectivity index (χ0n) is 11.8. The number of hydrogen-bond acceptors (Lipinski definition) is 3. The molecule has 3 aromatic rings. The summed E-state index contributed by atoms with van der Waals surface area (Å²) in [5.74, 6) is 0.227. The van der Waals surface area contributed by atoms with Gasteiger partial charge in [-0.05, 0) is 37.6 Å². The lowest BCUT2D eigenvalue weighted by atomic mass is 10.1. The van der Waals surface area contributed by atoms with Gasteiger partial charge in [0.2, 0.25) is 5.78 Å². The highest BCUT2D eigenvalue weighted by atomic mass is 16.3. The Bertz CT molecular complexity index is 796. The van der Waals surface area contributed by atoms with Crippen LogP contribution >= 0.6 is 0 Å². The van der Waals surface area contributed by atoms with E-state index in [1.807, 2.05) is 38.1 Å². The van der Waals surface area contributed by atoms with Crippen molar-refractivity contribution in [2.24, 2.45) is 7.05 Å². The minimum absolute atomic E-state index is 0.131. The number of benzene rings is 1. The maximum absolute atomic E-state index is 12.5. The van der Waals surface area contributed by atoms with Crippen molar-refractivity contribution >= 4 is 16.8 Å². The molecule has 0 spiro atoms. The van der Waals surface area contributed by atoms with E-state index in [1.54, 1.807) is 17.8 Å². The van der Waals surface area contributed by atoms with Gasteiger partial charge in [-0.3, -0.25) is 9.48 Å². The fourth-order valence-corrected chi connectivity index (χ4v) is 2.31. The number of aryl methyl sites for hydroxylation is 3. The number of carbonyl (C=O) groups is 1. The molecule has 0 bridgehead atoms. The van der Waals surface area contributed by atoms with Crippen molar-refractivity contribution in [3.8, 4) is 0 Å². The Kier molecular flexibility index (Phi) is 2.93. The fraction of sp³-hybridized carbons (Fsp3) is 0.250. The largest absolute Gasteiger partial charge is 0.453 e. The molecule has 4 heteroatoms. The monoisotopic (exact) mass is 268 g/mol. The van der Waals surface area contributed by atoms with E-state index in [0.717, 1.165) is 28.6 Å². The minimum atomic E-state index is -0.131. The second-order valence-corrected chi connectivity index (χ2v) is 4.98. The van der Waals surface area contributed by atoms with E-state index in [1.165, 1.54) is 0 Å². The van der Waals surface area contributed by atoms with Gasteiger partial charge in [-0.15, -0.1) is 0 Å². The Labute approximate surface area is 117 Å². The van der Waals surface area contributed by atoms with Gasteiger partial charge in [0.1, 0.15) is 11.3 Å². The summed E-state index contributed by atoms with van der Waals surface area (Å²) in [4.78, 5) is 12.5. The van der Waals surface area contributed by atoms with Crippen molar-refractivity contribution in [1.29, 1.82) is 0 Å². The van der Waals surface area contributed by atoms with Crippen molar-refractivity contribution in [1.82, 2.24) is 9.78 Å². The zero-order valence-corrected chi connectivity index (χ0v) is 11.8. The van der Waals surface area contributed by atoms with Crippen LogP contribution in [0, 0.1) is 6.92 Å². The van der Waals surface area contributed by atoms with Crippen molar-refractivity contribution in [2.75, 3.05) is 0 Å². The van der Waals surface area contributed by atoms with E-state index in [4.69, 9.17) is 4.42 Å². The second kappa shape index (κ2) is 4.63. The summed E-state index contributed by atoms with van der Waals surface area (Å²) in [6.45, 7) is 4.03. The van der Waals surface area contributed by atoms with Crippen LogP contribution < -0.4 is 0 Å². The molecule has 4 nitrogen and oxygen atoms in total. The quantitative estimate of drug-likeness (QED) is 0.685. The third-order valence-electron chi connectivity index (χ3n) is 3.42. The first kappa shape index (κ1) is 12.7. The highest BCUT2D eigenvalue weighted by Gasteiger charge is 2.19. The number of nitrogens with zero attached hydrogens (tertiary/aromatic N) is 2. The molecule has 0 saturated heterocycles. The lowest BCUT2D eigenvalue weighted by Crippen LogP contribution is -2.07. The normalized spacial score (nSPS) is 11.2. The van der Waals surface area contributed by atoms with Crippen LogP contribution in [0.15, 0.2) is 34.7 Å². The molecular formula is C16H16N2O2. The van der Waals surface area contributed by atoms with E-state index in [2.05, 4.69) is 5.10 Å². The molecule has 0 radical (unpaired) electrons. The van der Waals surface area contributed by atoms with Crippen LogP contribution in [0.5, 0.6) is 0 Å². The molecule has 1 aromatic carbocycles. The Balaban J connectivity index is 2.05.